The van der Waals surface area contributed by atoms with Crippen molar-refractivity contribution < 1.29 is 19.1 Å². The lowest BCUT2D eigenvalue weighted by Crippen LogP contribution is -2.42. The van der Waals surface area contributed by atoms with Crippen molar-refractivity contribution in [3.63, 3.8) is 0 Å². The van der Waals surface area contributed by atoms with E-state index in [9.17, 15) is 9.59 Å². The van der Waals surface area contributed by atoms with Gasteiger partial charge in [-0.25, -0.2) is 4.90 Å². The van der Waals surface area contributed by atoms with Crippen molar-refractivity contribution >= 4 is 23.1 Å². The van der Waals surface area contributed by atoms with Crippen LogP contribution in [0.25, 0.3) is 5.57 Å². The third-order valence-electron chi connectivity index (χ3n) is 5.90. The van der Waals surface area contributed by atoms with Gasteiger partial charge in [-0.05, 0) is 23.8 Å². The number of carbonyl (C=O) groups excluding carboxylic acids is 2. The second-order valence-electron chi connectivity index (χ2n) is 8.46. The maximum Gasteiger partial charge on any atom is 0.282 e. The predicted molar refractivity (Wildman–Crippen MR) is 120 cm³/mol. The average Bonchev–Trinajstić information content (AvgIpc) is 3.03. The van der Waals surface area contributed by atoms with Crippen LogP contribution in [0.5, 0.6) is 11.5 Å². The third-order valence-corrected chi connectivity index (χ3v) is 5.90. The van der Waals surface area contributed by atoms with E-state index in [1.807, 2.05) is 30.3 Å². The molecule has 2 heterocycles. The van der Waals surface area contributed by atoms with E-state index in [1.165, 1.54) is 4.90 Å². The van der Waals surface area contributed by atoms with E-state index in [1.54, 1.807) is 32.4 Å². The molecule has 4 rings (SSSR count). The van der Waals surface area contributed by atoms with Crippen LogP contribution in [0.2, 0.25) is 0 Å². The molecule has 0 N–H and O–H groups in total. The summed E-state index contributed by atoms with van der Waals surface area (Å²) in [6.07, 6.45) is 1.11. The van der Waals surface area contributed by atoms with Crippen molar-refractivity contribution in [1.82, 2.24) is 4.90 Å². The fourth-order valence-corrected chi connectivity index (χ4v) is 4.68. The first-order chi connectivity index (χ1) is 14.9. The number of methoxy groups -OCH3 is 2. The molecular weight excluding hydrogens is 392 g/mol. The Morgan fingerprint density at radius 1 is 0.839 bits per heavy atom. The maximum absolute atomic E-state index is 13.7. The predicted octanol–water partition coefficient (Wildman–Crippen LogP) is 3.97. The molecular formula is C25H28N2O4. The van der Waals surface area contributed by atoms with Gasteiger partial charge in [-0.15, -0.1) is 0 Å². The van der Waals surface area contributed by atoms with Crippen LogP contribution in [0, 0.1) is 11.8 Å². The second-order valence-corrected chi connectivity index (χ2v) is 8.46. The minimum absolute atomic E-state index is 0.305. The number of ether oxygens (including phenoxy) is 2. The van der Waals surface area contributed by atoms with E-state index in [4.69, 9.17) is 9.47 Å². The summed E-state index contributed by atoms with van der Waals surface area (Å²) in [5, 5.41) is 0. The first-order valence-electron chi connectivity index (χ1n) is 10.6. The number of piperidine rings is 1. The highest BCUT2D eigenvalue weighted by Gasteiger charge is 2.43. The summed E-state index contributed by atoms with van der Waals surface area (Å²) in [5.74, 6) is 1.30. The average molecular weight is 421 g/mol. The van der Waals surface area contributed by atoms with Crippen LogP contribution < -0.4 is 14.4 Å². The smallest absolute Gasteiger partial charge is 0.282 e. The van der Waals surface area contributed by atoms with Gasteiger partial charge in [0.15, 0.2) is 0 Å². The zero-order chi connectivity index (χ0) is 22.1. The molecule has 0 saturated carbocycles. The molecule has 2 aromatic carbocycles. The minimum Gasteiger partial charge on any atom is -0.497 e. The largest absolute Gasteiger partial charge is 0.497 e. The van der Waals surface area contributed by atoms with E-state index in [-0.39, 0.29) is 11.8 Å². The maximum atomic E-state index is 13.7. The van der Waals surface area contributed by atoms with E-state index in [0.717, 1.165) is 25.1 Å². The van der Waals surface area contributed by atoms with Crippen molar-refractivity contribution in [2.45, 2.75) is 20.3 Å². The molecule has 2 unspecified atom stereocenters. The molecule has 1 fully saturated rings. The Morgan fingerprint density at radius 3 is 1.97 bits per heavy atom. The van der Waals surface area contributed by atoms with Crippen LogP contribution in [0.4, 0.5) is 5.69 Å². The summed E-state index contributed by atoms with van der Waals surface area (Å²) in [7, 11) is 3.09. The van der Waals surface area contributed by atoms with Crippen molar-refractivity contribution in [3.8, 4) is 11.5 Å². The number of imide groups is 1. The van der Waals surface area contributed by atoms with Gasteiger partial charge in [-0.2, -0.15) is 0 Å². The molecule has 0 spiro atoms. The molecule has 0 radical (unpaired) electrons. The van der Waals surface area contributed by atoms with E-state index in [0.29, 0.717) is 40.3 Å². The second kappa shape index (κ2) is 8.46. The van der Waals surface area contributed by atoms with E-state index < -0.39 is 0 Å². The molecule has 2 aromatic rings. The minimum atomic E-state index is -0.326. The first-order valence-corrected chi connectivity index (χ1v) is 10.6. The number of benzene rings is 2. The molecule has 1 saturated heterocycles. The van der Waals surface area contributed by atoms with Crippen LogP contribution in [-0.4, -0.2) is 44.0 Å². The van der Waals surface area contributed by atoms with Gasteiger partial charge in [0.2, 0.25) is 0 Å². The first kappa shape index (κ1) is 21.0. The Bertz CT molecular complexity index is 999. The van der Waals surface area contributed by atoms with Crippen molar-refractivity contribution in [2.75, 3.05) is 32.2 Å². The molecule has 6 heteroatoms. The van der Waals surface area contributed by atoms with Crippen molar-refractivity contribution in [2.24, 2.45) is 11.8 Å². The monoisotopic (exact) mass is 420 g/mol. The highest BCUT2D eigenvalue weighted by atomic mass is 16.5. The number of hydrogen-bond donors (Lipinski definition) is 0. The number of carbonyl (C=O) groups is 2. The van der Waals surface area contributed by atoms with Gasteiger partial charge >= 0.3 is 0 Å². The number of anilines is 1. The third kappa shape index (κ3) is 3.90. The standard InChI is InChI=1S/C25H28N2O4/c1-16-10-17(2)15-26(14-16)23-22(18-8-6-5-7-9-18)24(28)27(25(23)29)19-11-20(30-3)13-21(12-19)31-4/h5-9,11-13,16-17H,10,14-15H2,1-4H3. The van der Waals surface area contributed by atoms with Crippen molar-refractivity contribution in [1.29, 1.82) is 0 Å². The van der Waals surface area contributed by atoms with Gasteiger partial charge < -0.3 is 14.4 Å². The Hall–Kier alpha value is -3.28. The number of nitrogens with zero attached hydrogens (tertiary/aromatic N) is 2. The molecule has 0 aliphatic carbocycles. The van der Waals surface area contributed by atoms with Gasteiger partial charge in [0.1, 0.15) is 17.2 Å². The molecule has 2 aliphatic rings. The Balaban J connectivity index is 1.83. The van der Waals surface area contributed by atoms with Crippen LogP contribution in [-0.2, 0) is 9.59 Å². The highest BCUT2D eigenvalue weighted by molar-refractivity contribution is 6.45. The number of hydrogen-bond acceptors (Lipinski definition) is 5. The van der Waals surface area contributed by atoms with Crippen LogP contribution in [0.15, 0.2) is 54.2 Å². The molecule has 2 atom stereocenters. The fraction of sp³-hybridized carbons (Fsp3) is 0.360. The fourth-order valence-electron chi connectivity index (χ4n) is 4.68. The molecule has 2 aliphatic heterocycles. The highest BCUT2D eigenvalue weighted by Crippen LogP contribution is 2.39. The van der Waals surface area contributed by atoms with E-state index >= 15 is 0 Å². The SMILES string of the molecule is COc1cc(OC)cc(N2C(=O)C(c3ccccc3)=C(N3CC(C)CC(C)C3)C2=O)c1. The molecule has 31 heavy (non-hydrogen) atoms. The van der Waals surface area contributed by atoms with Crippen LogP contribution in [0.1, 0.15) is 25.8 Å². The zero-order valence-electron chi connectivity index (χ0n) is 18.4. The Morgan fingerprint density at radius 2 is 1.42 bits per heavy atom. The van der Waals surface area contributed by atoms with Crippen molar-refractivity contribution in [3.05, 3.63) is 59.8 Å². The van der Waals surface area contributed by atoms with Crippen LogP contribution >= 0.6 is 0 Å². The Kier molecular flexibility index (Phi) is 5.72. The number of likely N-dealkylation sites (tertiary alicyclic amines) is 1. The van der Waals surface area contributed by atoms with Gasteiger partial charge in [-0.3, -0.25) is 9.59 Å². The lowest BCUT2D eigenvalue weighted by atomic mass is 9.91. The summed E-state index contributed by atoms with van der Waals surface area (Å²) in [6, 6.07) is 14.5. The van der Waals surface area contributed by atoms with Gasteiger partial charge in [-0.1, -0.05) is 44.2 Å². The Labute approximate surface area is 183 Å². The summed E-state index contributed by atoms with van der Waals surface area (Å²) in [6.45, 7) is 5.89. The lowest BCUT2D eigenvalue weighted by molar-refractivity contribution is -0.120. The molecule has 0 aromatic heterocycles. The summed E-state index contributed by atoms with van der Waals surface area (Å²) in [5.41, 5.74) is 2.12. The summed E-state index contributed by atoms with van der Waals surface area (Å²) >= 11 is 0. The van der Waals surface area contributed by atoms with Gasteiger partial charge in [0.05, 0.1) is 25.5 Å². The summed E-state index contributed by atoms with van der Waals surface area (Å²) < 4.78 is 10.7. The molecule has 0 bridgehead atoms. The normalized spacial score (nSPS) is 21.7. The van der Waals surface area contributed by atoms with Gasteiger partial charge in [0.25, 0.3) is 11.8 Å². The molecule has 6 nitrogen and oxygen atoms in total. The lowest BCUT2D eigenvalue weighted by Gasteiger charge is -2.37. The number of amides is 2. The summed E-state index contributed by atoms with van der Waals surface area (Å²) in [4.78, 5) is 30.7. The quantitative estimate of drug-likeness (QED) is 0.685. The van der Waals surface area contributed by atoms with Crippen LogP contribution in [0.3, 0.4) is 0 Å². The molecule has 2 amide bonds. The van der Waals surface area contributed by atoms with E-state index in [2.05, 4.69) is 18.7 Å². The zero-order valence-corrected chi connectivity index (χ0v) is 18.4. The van der Waals surface area contributed by atoms with Gasteiger partial charge in [0, 0.05) is 31.3 Å². The number of rotatable bonds is 5. The molecule has 162 valence electrons. The topological polar surface area (TPSA) is 59.1 Å².